The van der Waals surface area contributed by atoms with E-state index < -0.39 is 6.04 Å². The molecule has 3 rings (SSSR count). The van der Waals surface area contributed by atoms with Crippen molar-refractivity contribution in [2.75, 3.05) is 13.7 Å². The highest BCUT2D eigenvalue weighted by Crippen LogP contribution is 2.29. The van der Waals surface area contributed by atoms with E-state index >= 15 is 0 Å². The average Bonchev–Trinajstić information content (AvgIpc) is 2.86. The van der Waals surface area contributed by atoms with Crippen LogP contribution in [-0.4, -0.2) is 42.5 Å². The van der Waals surface area contributed by atoms with Gasteiger partial charge in [0.15, 0.2) is 6.61 Å². The lowest BCUT2D eigenvalue weighted by Gasteiger charge is -2.31. The van der Waals surface area contributed by atoms with Crippen molar-refractivity contribution < 1.29 is 19.1 Å². The lowest BCUT2D eigenvalue weighted by Crippen LogP contribution is -2.51. The molecular formula is C28H37BrN2O4. The zero-order chi connectivity index (χ0) is 25.4. The smallest absolute Gasteiger partial charge is 0.261 e. The van der Waals surface area contributed by atoms with Crippen molar-refractivity contribution in [2.45, 2.75) is 77.4 Å². The summed E-state index contributed by atoms with van der Waals surface area (Å²) in [6.07, 6.45) is 5.47. The first-order valence-electron chi connectivity index (χ1n) is 12.4. The SMILES string of the molecule is COc1ccc(CN(C(=O)COc2ccc(C(C)C)cc2Br)[C@@H](C)C(=O)NC2CCCCC2)cc1. The first-order valence-corrected chi connectivity index (χ1v) is 13.2. The molecular weight excluding hydrogens is 508 g/mol. The van der Waals surface area contributed by atoms with Gasteiger partial charge in [-0.2, -0.15) is 0 Å². The second-order valence-corrected chi connectivity index (χ2v) is 10.4. The molecule has 1 fully saturated rings. The van der Waals surface area contributed by atoms with Crippen LogP contribution >= 0.6 is 15.9 Å². The Morgan fingerprint density at radius 2 is 1.74 bits per heavy atom. The molecule has 1 atom stereocenters. The summed E-state index contributed by atoms with van der Waals surface area (Å²) < 4.78 is 11.9. The van der Waals surface area contributed by atoms with Crippen LogP contribution in [0.5, 0.6) is 11.5 Å². The minimum absolute atomic E-state index is 0.124. The van der Waals surface area contributed by atoms with E-state index in [0.717, 1.165) is 41.5 Å². The number of halogens is 1. The molecule has 1 saturated carbocycles. The number of carbonyl (C=O) groups is 2. The van der Waals surface area contributed by atoms with Crippen LogP contribution in [0.2, 0.25) is 0 Å². The quantitative estimate of drug-likeness (QED) is 0.408. The largest absolute Gasteiger partial charge is 0.497 e. The Kier molecular flexibility index (Phi) is 10.0. The fourth-order valence-corrected chi connectivity index (χ4v) is 4.81. The standard InChI is InChI=1S/C28H37BrN2O4/c1-19(2)22-12-15-26(25(29)16-22)35-18-27(32)31(17-21-10-13-24(34-4)14-11-21)20(3)28(33)30-23-8-6-5-7-9-23/h10-16,19-20,23H,5-9,17-18H2,1-4H3,(H,30,33)/t20-/m0/s1. The average molecular weight is 546 g/mol. The summed E-state index contributed by atoms with van der Waals surface area (Å²) in [6, 6.07) is 13.0. The molecule has 190 valence electrons. The molecule has 0 aliphatic heterocycles. The van der Waals surface area contributed by atoms with Gasteiger partial charge in [-0.3, -0.25) is 9.59 Å². The second-order valence-electron chi connectivity index (χ2n) is 9.52. The molecule has 0 radical (unpaired) electrons. The van der Waals surface area contributed by atoms with Crippen LogP contribution in [0.3, 0.4) is 0 Å². The van der Waals surface area contributed by atoms with E-state index in [-0.39, 0.29) is 24.5 Å². The van der Waals surface area contributed by atoms with Gasteiger partial charge in [-0.25, -0.2) is 0 Å². The molecule has 1 aliphatic carbocycles. The number of benzene rings is 2. The van der Waals surface area contributed by atoms with Crippen molar-refractivity contribution in [2.24, 2.45) is 0 Å². The zero-order valence-electron chi connectivity index (χ0n) is 21.2. The highest BCUT2D eigenvalue weighted by atomic mass is 79.9. The Morgan fingerprint density at radius 3 is 2.34 bits per heavy atom. The Hall–Kier alpha value is -2.54. The molecule has 0 aromatic heterocycles. The van der Waals surface area contributed by atoms with E-state index in [0.29, 0.717) is 18.2 Å². The number of amides is 2. The van der Waals surface area contributed by atoms with Crippen LogP contribution in [0.25, 0.3) is 0 Å². The lowest BCUT2D eigenvalue weighted by molar-refractivity contribution is -0.142. The lowest BCUT2D eigenvalue weighted by atomic mass is 9.95. The Balaban J connectivity index is 1.72. The van der Waals surface area contributed by atoms with Crippen LogP contribution in [0.1, 0.15) is 69.9 Å². The van der Waals surface area contributed by atoms with E-state index in [1.54, 1.807) is 18.9 Å². The van der Waals surface area contributed by atoms with E-state index in [1.165, 1.54) is 12.0 Å². The molecule has 1 N–H and O–H groups in total. The Labute approximate surface area is 217 Å². The normalized spacial score (nSPS) is 14.9. The minimum atomic E-state index is -0.623. The van der Waals surface area contributed by atoms with Crippen molar-refractivity contribution >= 4 is 27.7 Å². The number of nitrogens with one attached hydrogen (secondary N) is 1. The molecule has 6 nitrogen and oxygen atoms in total. The summed E-state index contributed by atoms with van der Waals surface area (Å²) >= 11 is 3.55. The maximum atomic E-state index is 13.3. The fraction of sp³-hybridized carbons (Fsp3) is 0.500. The molecule has 1 aliphatic rings. The number of hydrogen-bond donors (Lipinski definition) is 1. The van der Waals surface area contributed by atoms with Gasteiger partial charge in [0.05, 0.1) is 11.6 Å². The highest BCUT2D eigenvalue weighted by molar-refractivity contribution is 9.10. The van der Waals surface area contributed by atoms with Crippen molar-refractivity contribution in [1.29, 1.82) is 0 Å². The molecule has 7 heteroatoms. The molecule has 35 heavy (non-hydrogen) atoms. The Bertz CT molecular complexity index is 987. The number of nitrogens with zero attached hydrogens (tertiary/aromatic N) is 1. The van der Waals surface area contributed by atoms with Gasteiger partial charge >= 0.3 is 0 Å². The third-order valence-corrected chi connectivity index (χ3v) is 7.22. The molecule has 0 saturated heterocycles. The monoisotopic (exact) mass is 544 g/mol. The molecule has 0 spiro atoms. The van der Waals surface area contributed by atoms with Gasteiger partial charge in [-0.15, -0.1) is 0 Å². The van der Waals surface area contributed by atoms with Crippen LogP contribution < -0.4 is 14.8 Å². The van der Waals surface area contributed by atoms with E-state index in [4.69, 9.17) is 9.47 Å². The van der Waals surface area contributed by atoms with Gasteiger partial charge in [0, 0.05) is 12.6 Å². The van der Waals surface area contributed by atoms with Gasteiger partial charge in [-0.1, -0.05) is 51.3 Å². The molecule has 2 aromatic carbocycles. The highest BCUT2D eigenvalue weighted by Gasteiger charge is 2.28. The predicted octanol–water partition coefficient (Wildman–Crippen LogP) is 5.83. The maximum absolute atomic E-state index is 13.3. The fourth-order valence-electron chi connectivity index (χ4n) is 4.29. The first-order chi connectivity index (χ1) is 16.8. The number of ether oxygens (including phenoxy) is 2. The van der Waals surface area contributed by atoms with Crippen LogP contribution in [-0.2, 0) is 16.1 Å². The summed E-state index contributed by atoms with van der Waals surface area (Å²) in [5.74, 6) is 1.37. The van der Waals surface area contributed by atoms with Crippen LogP contribution in [0, 0.1) is 0 Å². The van der Waals surface area contributed by atoms with Gasteiger partial charge in [0.2, 0.25) is 5.91 Å². The summed E-state index contributed by atoms with van der Waals surface area (Å²) in [7, 11) is 1.62. The van der Waals surface area contributed by atoms with Crippen molar-refractivity contribution in [3.63, 3.8) is 0 Å². The van der Waals surface area contributed by atoms with E-state index in [9.17, 15) is 9.59 Å². The number of methoxy groups -OCH3 is 1. The number of rotatable bonds is 10. The van der Waals surface area contributed by atoms with Gasteiger partial charge in [0.1, 0.15) is 17.5 Å². The summed E-state index contributed by atoms with van der Waals surface area (Å²) in [5.41, 5.74) is 2.10. The third-order valence-electron chi connectivity index (χ3n) is 6.60. The predicted molar refractivity (Wildman–Crippen MR) is 142 cm³/mol. The number of hydrogen-bond acceptors (Lipinski definition) is 4. The van der Waals surface area contributed by atoms with Crippen molar-refractivity contribution in [3.05, 3.63) is 58.1 Å². The summed E-state index contributed by atoms with van der Waals surface area (Å²) in [5, 5.41) is 3.16. The summed E-state index contributed by atoms with van der Waals surface area (Å²) in [4.78, 5) is 28.0. The maximum Gasteiger partial charge on any atom is 0.261 e. The number of carbonyl (C=O) groups excluding carboxylic acids is 2. The van der Waals surface area contributed by atoms with Crippen LogP contribution in [0.15, 0.2) is 46.9 Å². The first kappa shape index (κ1) is 27.1. The topological polar surface area (TPSA) is 67.9 Å². The molecule has 0 unspecified atom stereocenters. The van der Waals surface area contributed by atoms with Gasteiger partial charge in [-0.05, 0) is 77.0 Å². The summed E-state index contributed by atoms with van der Waals surface area (Å²) in [6.45, 7) is 6.19. The second kappa shape index (κ2) is 13.0. The van der Waals surface area contributed by atoms with E-state index in [2.05, 4.69) is 35.1 Å². The molecule has 0 bridgehead atoms. The van der Waals surface area contributed by atoms with Crippen molar-refractivity contribution in [1.82, 2.24) is 10.2 Å². The molecule has 0 heterocycles. The minimum Gasteiger partial charge on any atom is -0.497 e. The van der Waals surface area contributed by atoms with Crippen molar-refractivity contribution in [3.8, 4) is 11.5 Å². The third kappa shape index (κ3) is 7.72. The van der Waals surface area contributed by atoms with E-state index in [1.807, 2.05) is 42.5 Å². The van der Waals surface area contributed by atoms with Gasteiger partial charge < -0.3 is 19.7 Å². The molecule has 2 amide bonds. The Morgan fingerprint density at radius 1 is 1.06 bits per heavy atom. The van der Waals surface area contributed by atoms with Gasteiger partial charge in [0.25, 0.3) is 5.91 Å². The van der Waals surface area contributed by atoms with Crippen LogP contribution in [0.4, 0.5) is 0 Å². The zero-order valence-corrected chi connectivity index (χ0v) is 22.8. The molecule has 2 aromatic rings.